The number of aromatic nitrogens is 3. The number of hydrogen-bond donors (Lipinski definition) is 2. The summed E-state index contributed by atoms with van der Waals surface area (Å²) >= 11 is 0. The average Bonchev–Trinajstić information content (AvgIpc) is 2.63. The van der Waals surface area contributed by atoms with E-state index in [1.165, 1.54) is 5.56 Å². The molecule has 1 atom stereocenters. The number of likely N-dealkylation sites (tertiary alicyclic amines) is 1. The van der Waals surface area contributed by atoms with Crippen LogP contribution in [-0.2, 0) is 6.54 Å². The lowest BCUT2D eigenvalue weighted by Crippen LogP contribution is -2.43. The Labute approximate surface area is 155 Å². The molecule has 0 radical (unpaired) electrons. The molecule has 1 aromatic heterocycles. The number of hydrogen-bond acceptors (Lipinski definition) is 7. The van der Waals surface area contributed by atoms with Gasteiger partial charge in [0.05, 0.1) is 6.04 Å². The van der Waals surface area contributed by atoms with Gasteiger partial charge in [-0.3, -0.25) is 4.90 Å². The summed E-state index contributed by atoms with van der Waals surface area (Å²) in [6, 6.07) is 11.2. The molecular weight excluding hydrogens is 326 g/mol. The summed E-state index contributed by atoms with van der Waals surface area (Å²) in [5.41, 5.74) is 7.22. The second kappa shape index (κ2) is 8.42. The maximum atomic E-state index is 5.84. The molecule has 1 saturated heterocycles. The third-order valence-corrected chi connectivity index (χ3v) is 4.77. The number of nitrogens with two attached hydrogens (primary N) is 1. The zero-order chi connectivity index (χ0) is 18.5. The van der Waals surface area contributed by atoms with Crippen LogP contribution < -0.4 is 16.0 Å². The van der Waals surface area contributed by atoms with Crippen LogP contribution in [0.25, 0.3) is 0 Å². The Kier molecular flexibility index (Phi) is 6.00. The number of rotatable bonds is 6. The summed E-state index contributed by atoms with van der Waals surface area (Å²) in [6.07, 6.45) is 2.25. The van der Waals surface area contributed by atoms with Gasteiger partial charge in [0.1, 0.15) is 0 Å². The lowest BCUT2D eigenvalue weighted by molar-refractivity contribution is 0.184. The minimum atomic E-state index is 0.0460. The Hall–Kier alpha value is -2.25. The molecule has 1 fully saturated rings. The van der Waals surface area contributed by atoms with E-state index < -0.39 is 0 Å². The lowest BCUT2D eigenvalue weighted by atomic mass is 10.0. The molecule has 0 aliphatic carbocycles. The summed E-state index contributed by atoms with van der Waals surface area (Å²) in [7, 11) is 3.80. The van der Waals surface area contributed by atoms with Crippen molar-refractivity contribution >= 4 is 11.9 Å². The minimum Gasteiger partial charge on any atom is -0.368 e. The monoisotopic (exact) mass is 355 g/mol. The van der Waals surface area contributed by atoms with E-state index in [9.17, 15) is 0 Å². The van der Waals surface area contributed by atoms with Gasteiger partial charge < -0.3 is 16.0 Å². The van der Waals surface area contributed by atoms with Crippen molar-refractivity contribution in [3.05, 3.63) is 41.7 Å². The second-order valence-electron chi connectivity index (χ2n) is 7.17. The van der Waals surface area contributed by atoms with Crippen molar-refractivity contribution in [2.24, 2.45) is 0 Å². The highest BCUT2D eigenvalue weighted by Gasteiger charge is 2.22. The van der Waals surface area contributed by atoms with Gasteiger partial charge in [0.2, 0.25) is 11.9 Å². The Balaban J connectivity index is 1.53. The van der Waals surface area contributed by atoms with Crippen LogP contribution in [0.3, 0.4) is 0 Å². The average molecular weight is 355 g/mol. The van der Waals surface area contributed by atoms with Crippen LogP contribution in [0.4, 0.5) is 11.9 Å². The third-order valence-electron chi connectivity index (χ3n) is 4.77. The first-order valence-electron chi connectivity index (χ1n) is 9.22. The van der Waals surface area contributed by atoms with Gasteiger partial charge >= 0.3 is 0 Å². The first kappa shape index (κ1) is 18.5. The highest BCUT2D eigenvalue weighted by Crippen LogP contribution is 2.18. The largest absolute Gasteiger partial charge is 0.368 e. The van der Waals surface area contributed by atoms with Gasteiger partial charge in [-0.15, -0.1) is 0 Å². The van der Waals surface area contributed by atoms with Gasteiger partial charge in [0.15, 0.2) is 5.82 Å². The highest BCUT2D eigenvalue weighted by atomic mass is 15.3. The zero-order valence-electron chi connectivity index (χ0n) is 15.9. The van der Waals surface area contributed by atoms with Gasteiger partial charge in [-0.1, -0.05) is 30.3 Å². The molecule has 7 heteroatoms. The molecule has 1 aliphatic rings. The van der Waals surface area contributed by atoms with E-state index in [-0.39, 0.29) is 12.0 Å². The molecule has 0 amide bonds. The van der Waals surface area contributed by atoms with E-state index in [4.69, 9.17) is 5.73 Å². The number of benzene rings is 1. The van der Waals surface area contributed by atoms with Crippen LogP contribution in [0.5, 0.6) is 0 Å². The molecule has 3 N–H and O–H groups in total. The minimum absolute atomic E-state index is 0.0460. The molecule has 26 heavy (non-hydrogen) atoms. The Morgan fingerprint density at radius 1 is 1.15 bits per heavy atom. The highest BCUT2D eigenvalue weighted by molar-refractivity contribution is 5.33. The number of piperidine rings is 1. The quantitative estimate of drug-likeness (QED) is 0.818. The van der Waals surface area contributed by atoms with Gasteiger partial charge in [-0.2, -0.15) is 15.0 Å². The van der Waals surface area contributed by atoms with E-state index in [2.05, 4.69) is 62.4 Å². The molecule has 0 bridgehead atoms. The first-order chi connectivity index (χ1) is 12.5. The van der Waals surface area contributed by atoms with Crippen molar-refractivity contribution in [2.45, 2.75) is 38.4 Å². The summed E-state index contributed by atoms with van der Waals surface area (Å²) in [6.45, 7) is 5.31. The van der Waals surface area contributed by atoms with Crippen molar-refractivity contribution in [3.63, 3.8) is 0 Å². The van der Waals surface area contributed by atoms with E-state index >= 15 is 0 Å². The van der Waals surface area contributed by atoms with E-state index in [0.717, 1.165) is 32.5 Å². The molecular formula is C19H29N7. The van der Waals surface area contributed by atoms with Crippen LogP contribution >= 0.6 is 0 Å². The molecule has 2 heterocycles. The Morgan fingerprint density at radius 2 is 1.85 bits per heavy atom. The van der Waals surface area contributed by atoms with Crippen LogP contribution in [0.2, 0.25) is 0 Å². The zero-order valence-corrected chi connectivity index (χ0v) is 15.9. The molecule has 1 unspecified atom stereocenters. The maximum absolute atomic E-state index is 5.84. The fourth-order valence-corrected chi connectivity index (χ4v) is 3.32. The number of anilines is 2. The van der Waals surface area contributed by atoms with Gasteiger partial charge in [-0.05, 0) is 38.4 Å². The van der Waals surface area contributed by atoms with Gasteiger partial charge in [0.25, 0.3) is 0 Å². The fraction of sp³-hybridized carbons (Fsp3) is 0.526. The van der Waals surface area contributed by atoms with Gasteiger partial charge in [0, 0.05) is 26.7 Å². The second-order valence-corrected chi connectivity index (χ2v) is 7.17. The molecule has 0 saturated carbocycles. The van der Waals surface area contributed by atoms with Crippen LogP contribution in [0.15, 0.2) is 30.3 Å². The van der Waals surface area contributed by atoms with Crippen LogP contribution in [0, 0.1) is 0 Å². The summed E-state index contributed by atoms with van der Waals surface area (Å²) in [4.78, 5) is 17.3. The lowest BCUT2D eigenvalue weighted by Gasteiger charge is -2.33. The van der Waals surface area contributed by atoms with Crippen LogP contribution in [-0.4, -0.2) is 53.1 Å². The van der Waals surface area contributed by atoms with Crippen LogP contribution in [0.1, 0.15) is 37.2 Å². The molecule has 0 spiro atoms. The predicted molar refractivity (Wildman–Crippen MR) is 105 cm³/mol. The van der Waals surface area contributed by atoms with E-state index in [1.807, 2.05) is 19.0 Å². The van der Waals surface area contributed by atoms with Crippen molar-refractivity contribution in [2.75, 3.05) is 37.8 Å². The molecule has 3 rings (SSSR count). The number of nitrogens with one attached hydrogen (secondary N) is 1. The molecule has 1 aromatic carbocycles. The van der Waals surface area contributed by atoms with Gasteiger partial charge in [-0.25, -0.2) is 0 Å². The van der Waals surface area contributed by atoms with E-state index in [1.54, 1.807) is 0 Å². The van der Waals surface area contributed by atoms with Crippen molar-refractivity contribution < 1.29 is 0 Å². The fourth-order valence-electron chi connectivity index (χ4n) is 3.32. The topological polar surface area (TPSA) is 83.2 Å². The van der Waals surface area contributed by atoms with Crippen molar-refractivity contribution in [3.8, 4) is 0 Å². The SMILES string of the molecule is CC(NC1CCN(Cc2ccccc2)CC1)c1nc(N)nc(N(C)C)n1. The molecule has 7 nitrogen and oxygen atoms in total. The molecule has 1 aliphatic heterocycles. The van der Waals surface area contributed by atoms with E-state index in [0.29, 0.717) is 17.8 Å². The maximum Gasteiger partial charge on any atom is 0.229 e. The summed E-state index contributed by atoms with van der Waals surface area (Å²) in [5, 5.41) is 3.66. The third kappa shape index (κ3) is 4.89. The summed E-state index contributed by atoms with van der Waals surface area (Å²) in [5.74, 6) is 1.57. The Morgan fingerprint density at radius 3 is 2.50 bits per heavy atom. The predicted octanol–water partition coefficient (Wildman–Crippen LogP) is 1.83. The number of nitrogens with zero attached hydrogens (tertiary/aromatic N) is 5. The summed E-state index contributed by atoms with van der Waals surface area (Å²) < 4.78 is 0. The number of nitrogen functional groups attached to an aromatic ring is 1. The van der Waals surface area contributed by atoms with Crippen molar-refractivity contribution in [1.29, 1.82) is 0 Å². The van der Waals surface area contributed by atoms with Crippen molar-refractivity contribution in [1.82, 2.24) is 25.2 Å². The normalized spacial score (nSPS) is 17.2. The Bertz CT molecular complexity index is 696. The smallest absolute Gasteiger partial charge is 0.229 e. The molecule has 140 valence electrons. The molecule has 2 aromatic rings. The first-order valence-corrected chi connectivity index (χ1v) is 9.22. The standard InChI is InChI=1S/C19H29N7/c1-14(17-22-18(20)24-19(23-17)25(2)3)21-16-9-11-26(12-10-16)13-15-7-5-4-6-8-15/h4-8,14,16,21H,9-13H2,1-3H3,(H2,20,22,23,24).